The molecule has 0 aliphatic heterocycles. The monoisotopic (exact) mass is 314 g/mol. The average Bonchev–Trinajstić information content (AvgIpc) is 2.51. The molecule has 0 fully saturated rings. The molecular formula is C18H19FN2S. The van der Waals surface area contributed by atoms with Gasteiger partial charge in [0.05, 0.1) is 6.04 Å². The van der Waals surface area contributed by atoms with Crippen molar-refractivity contribution in [3.05, 3.63) is 65.0 Å². The lowest BCUT2D eigenvalue weighted by molar-refractivity contribution is 0.529. The summed E-state index contributed by atoms with van der Waals surface area (Å²) in [4.78, 5) is 0. The second-order valence-corrected chi connectivity index (χ2v) is 6.11. The molecule has 0 saturated heterocycles. The molecule has 1 atom stereocenters. The molecule has 2 aromatic carbocycles. The van der Waals surface area contributed by atoms with Gasteiger partial charge in [0, 0.05) is 5.69 Å². The Morgan fingerprint density at radius 2 is 2.05 bits per heavy atom. The first-order valence-electron chi connectivity index (χ1n) is 7.55. The fourth-order valence-corrected chi connectivity index (χ4v) is 3.16. The Balaban J connectivity index is 1.69. The van der Waals surface area contributed by atoms with Crippen molar-refractivity contribution in [2.24, 2.45) is 0 Å². The number of hydrogen-bond acceptors (Lipinski definition) is 1. The maximum Gasteiger partial charge on any atom is 0.171 e. The quantitative estimate of drug-likeness (QED) is 0.798. The molecule has 0 unspecified atom stereocenters. The first-order chi connectivity index (χ1) is 10.6. The molecule has 0 saturated carbocycles. The van der Waals surface area contributed by atoms with Crippen molar-refractivity contribution in [1.82, 2.24) is 5.32 Å². The number of rotatable bonds is 2. The molecule has 0 radical (unpaired) electrons. The van der Waals surface area contributed by atoms with E-state index in [2.05, 4.69) is 34.9 Å². The molecule has 1 aliphatic rings. The molecule has 3 rings (SSSR count). The van der Waals surface area contributed by atoms with Crippen LogP contribution in [0.2, 0.25) is 0 Å². The van der Waals surface area contributed by atoms with E-state index in [-0.39, 0.29) is 11.9 Å². The summed E-state index contributed by atoms with van der Waals surface area (Å²) in [6, 6.07) is 13.7. The molecule has 2 aromatic rings. The van der Waals surface area contributed by atoms with Crippen molar-refractivity contribution in [3.63, 3.8) is 0 Å². The summed E-state index contributed by atoms with van der Waals surface area (Å²) in [5.74, 6) is -0.226. The summed E-state index contributed by atoms with van der Waals surface area (Å²) in [5, 5.41) is 6.96. The van der Waals surface area contributed by atoms with Crippen LogP contribution >= 0.6 is 12.2 Å². The number of thiocarbonyl (C=S) groups is 1. The molecule has 2 nitrogen and oxygen atoms in total. The second-order valence-electron chi connectivity index (χ2n) is 5.71. The van der Waals surface area contributed by atoms with Crippen LogP contribution < -0.4 is 10.6 Å². The van der Waals surface area contributed by atoms with Crippen LogP contribution in [0, 0.1) is 12.7 Å². The number of benzene rings is 2. The fraction of sp³-hybridized carbons (Fsp3) is 0.278. The minimum Gasteiger partial charge on any atom is -0.356 e. The third-order valence-corrected chi connectivity index (χ3v) is 4.32. The molecular weight excluding hydrogens is 295 g/mol. The Labute approximate surface area is 135 Å². The predicted octanol–water partition coefficient (Wildman–Crippen LogP) is 4.50. The highest BCUT2D eigenvalue weighted by Crippen LogP contribution is 2.29. The maximum atomic E-state index is 13.6. The van der Waals surface area contributed by atoms with Crippen molar-refractivity contribution >= 4 is 23.0 Å². The molecule has 0 bridgehead atoms. The molecule has 4 heteroatoms. The zero-order valence-corrected chi connectivity index (χ0v) is 13.3. The lowest BCUT2D eigenvalue weighted by Crippen LogP contribution is -2.34. The molecule has 2 N–H and O–H groups in total. The van der Waals surface area contributed by atoms with Crippen LogP contribution in [0.25, 0.3) is 0 Å². The Morgan fingerprint density at radius 3 is 2.86 bits per heavy atom. The number of nitrogens with one attached hydrogen (secondary N) is 2. The third-order valence-electron chi connectivity index (χ3n) is 4.10. The van der Waals surface area contributed by atoms with Gasteiger partial charge in [0.25, 0.3) is 0 Å². The van der Waals surface area contributed by atoms with Gasteiger partial charge in [0.2, 0.25) is 0 Å². The van der Waals surface area contributed by atoms with Gasteiger partial charge in [-0.3, -0.25) is 0 Å². The smallest absolute Gasteiger partial charge is 0.171 e. The lowest BCUT2D eigenvalue weighted by Gasteiger charge is -2.27. The van der Waals surface area contributed by atoms with E-state index in [0.717, 1.165) is 19.3 Å². The highest BCUT2D eigenvalue weighted by molar-refractivity contribution is 7.80. The van der Waals surface area contributed by atoms with Gasteiger partial charge in [0.1, 0.15) is 5.82 Å². The van der Waals surface area contributed by atoms with E-state index < -0.39 is 0 Å². The van der Waals surface area contributed by atoms with E-state index in [0.29, 0.717) is 16.4 Å². The third kappa shape index (κ3) is 3.28. The summed E-state index contributed by atoms with van der Waals surface area (Å²) in [6.07, 6.45) is 3.33. The van der Waals surface area contributed by atoms with E-state index in [1.165, 1.54) is 17.2 Å². The van der Waals surface area contributed by atoms with Gasteiger partial charge in [-0.05, 0) is 67.2 Å². The normalized spacial score (nSPS) is 16.7. The van der Waals surface area contributed by atoms with Crippen LogP contribution in [0.3, 0.4) is 0 Å². The fourth-order valence-electron chi connectivity index (χ4n) is 2.90. The zero-order chi connectivity index (χ0) is 15.5. The summed E-state index contributed by atoms with van der Waals surface area (Å²) in [5.41, 5.74) is 4.00. The molecule has 0 aromatic heterocycles. The highest BCUT2D eigenvalue weighted by atomic mass is 32.1. The SMILES string of the molecule is Cc1ccc(NC(=S)N[C@H]2CCCc3ccccc32)cc1F. The van der Waals surface area contributed by atoms with Crippen molar-refractivity contribution in [1.29, 1.82) is 0 Å². The van der Waals surface area contributed by atoms with E-state index in [1.807, 2.05) is 6.07 Å². The van der Waals surface area contributed by atoms with E-state index >= 15 is 0 Å². The maximum absolute atomic E-state index is 13.6. The topological polar surface area (TPSA) is 24.1 Å². The molecule has 0 heterocycles. The van der Waals surface area contributed by atoms with Crippen LogP contribution in [0.15, 0.2) is 42.5 Å². The van der Waals surface area contributed by atoms with Gasteiger partial charge in [-0.15, -0.1) is 0 Å². The van der Waals surface area contributed by atoms with Gasteiger partial charge < -0.3 is 10.6 Å². The van der Waals surface area contributed by atoms with Crippen molar-refractivity contribution in [2.45, 2.75) is 32.2 Å². The summed E-state index contributed by atoms with van der Waals surface area (Å²) in [7, 11) is 0. The number of hydrogen-bond donors (Lipinski definition) is 2. The molecule has 0 amide bonds. The molecule has 0 spiro atoms. The van der Waals surface area contributed by atoms with Gasteiger partial charge in [-0.2, -0.15) is 0 Å². The van der Waals surface area contributed by atoms with Gasteiger partial charge in [0.15, 0.2) is 5.11 Å². The number of aryl methyl sites for hydroxylation is 2. The van der Waals surface area contributed by atoms with E-state index in [9.17, 15) is 4.39 Å². The largest absolute Gasteiger partial charge is 0.356 e. The first kappa shape index (κ1) is 15.0. The highest BCUT2D eigenvalue weighted by Gasteiger charge is 2.20. The van der Waals surface area contributed by atoms with Crippen molar-refractivity contribution in [3.8, 4) is 0 Å². The van der Waals surface area contributed by atoms with Gasteiger partial charge in [-0.25, -0.2) is 4.39 Å². The number of fused-ring (bicyclic) bond motifs is 1. The van der Waals surface area contributed by atoms with Crippen LogP contribution in [0.5, 0.6) is 0 Å². The van der Waals surface area contributed by atoms with Gasteiger partial charge >= 0.3 is 0 Å². The van der Waals surface area contributed by atoms with Gasteiger partial charge in [-0.1, -0.05) is 30.3 Å². The lowest BCUT2D eigenvalue weighted by atomic mass is 9.88. The first-order valence-corrected chi connectivity index (χ1v) is 7.96. The zero-order valence-electron chi connectivity index (χ0n) is 12.5. The van der Waals surface area contributed by atoms with Crippen LogP contribution in [-0.4, -0.2) is 5.11 Å². The Kier molecular flexibility index (Phi) is 4.39. The Hall–Kier alpha value is -1.94. The molecule has 1 aliphatic carbocycles. The van der Waals surface area contributed by atoms with E-state index in [4.69, 9.17) is 12.2 Å². The minimum absolute atomic E-state index is 0.222. The Bertz CT molecular complexity index is 699. The van der Waals surface area contributed by atoms with Crippen LogP contribution in [0.1, 0.15) is 35.6 Å². The Morgan fingerprint density at radius 1 is 1.23 bits per heavy atom. The number of halogens is 1. The van der Waals surface area contributed by atoms with Crippen molar-refractivity contribution < 1.29 is 4.39 Å². The average molecular weight is 314 g/mol. The summed E-state index contributed by atoms with van der Waals surface area (Å²) >= 11 is 5.38. The van der Waals surface area contributed by atoms with Crippen molar-refractivity contribution in [2.75, 3.05) is 5.32 Å². The standard InChI is InChI=1S/C18H19FN2S/c1-12-9-10-14(11-16(12)19)20-18(22)21-17-8-4-6-13-5-2-3-7-15(13)17/h2-3,5,7,9-11,17H,4,6,8H2,1H3,(H2,20,21,22)/t17-/m0/s1. The predicted molar refractivity (Wildman–Crippen MR) is 92.6 cm³/mol. The summed E-state index contributed by atoms with van der Waals surface area (Å²) in [6.45, 7) is 1.74. The van der Waals surface area contributed by atoms with Crippen LogP contribution in [0.4, 0.5) is 10.1 Å². The van der Waals surface area contributed by atoms with Crippen LogP contribution in [-0.2, 0) is 6.42 Å². The molecule has 114 valence electrons. The second kappa shape index (κ2) is 6.44. The molecule has 22 heavy (non-hydrogen) atoms. The summed E-state index contributed by atoms with van der Waals surface area (Å²) < 4.78 is 13.6. The van der Waals surface area contributed by atoms with E-state index in [1.54, 1.807) is 13.0 Å². The number of anilines is 1. The minimum atomic E-state index is -0.226.